The van der Waals surface area contributed by atoms with Gasteiger partial charge in [-0.1, -0.05) is 116 Å². The lowest BCUT2D eigenvalue weighted by Gasteiger charge is -1.94. The summed E-state index contributed by atoms with van der Waals surface area (Å²) in [5.74, 6) is 0. The van der Waals surface area contributed by atoms with Crippen LogP contribution in [0.25, 0.3) is 33.1 Å². The van der Waals surface area contributed by atoms with Crippen LogP contribution in [0.15, 0.2) is 127 Å². The summed E-state index contributed by atoms with van der Waals surface area (Å²) in [6, 6.07) is 35.5. The molecule has 1 unspecified atom stereocenters. The third-order valence-electron chi connectivity index (χ3n) is 4.76. The maximum Gasteiger partial charge on any atom is 0.597 e. The van der Waals surface area contributed by atoms with E-state index in [0.29, 0.717) is 5.58 Å². The van der Waals surface area contributed by atoms with Gasteiger partial charge in [0.25, 0.3) is 0 Å². The van der Waals surface area contributed by atoms with Crippen LogP contribution in [0.1, 0.15) is 18.1 Å². The lowest BCUT2D eigenvalue weighted by atomic mass is 10.1. The predicted molar refractivity (Wildman–Crippen MR) is 139 cm³/mol. The summed E-state index contributed by atoms with van der Waals surface area (Å²) in [4.78, 5) is 0. The normalized spacial score (nSPS) is 10.3. The van der Waals surface area contributed by atoms with Crippen molar-refractivity contribution in [3.05, 3.63) is 133 Å². The molecule has 0 radical (unpaired) electrons. The van der Waals surface area contributed by atoms with Gasteiger partial charge in [-0.2, -0.15) is 0 Å². The zero-order valence-corrected chi connectivity index (χ0v) is 19.0. The first kappa shape index (κ1) is 22.9. The molecule has 1 heterocycles. The molecule has 5 aromatic rings. The summed E-state index contributed by atoms with van der Waals surface area (Å²) in [6.07, 6.45) is 1.83. The van der Waals surface area contributed by atoms with Crippen LogP contribution in [0.4, 0.5) is 0 Å². The third-order valence-corrected chi connectivity index (χ3v) is 5.91. The van der Waals surface area contributed by atoms with Gasteiger partial charge in [-0.05, 0) is 40.8 Å². The van der Waals surface area contributed by atoms with E-state index < -0.39 is 7.65 Å². The van der Waals surface area contributed by atoms with Crippen LogP contribution in [0.3, 0.4) is 0 Å². The Hall–Kier alpha value is -3.74. The molecule has 3 heteroatoms. The summed E-state index contributed by atoms with van der Waals surface area (Å²) >= 11 is 0. The second-order valence-electron chi connectivity index (χ2n) is 7.12. The standard InChI is InChI=1S/C12H8O2P.C9H10.C8H8/c13-15-12-8-4-2-6-10(12)9-5-1-3-7-11(9)14-15;1-8(2)9-6-4-3-5-7-9;1-2-8-6-4-3-5-7-8/h1-8H;3-7H,1H2,2H3;2-7H,1H2/q+1;;. The summed E-state index contributed by atoms with van der Waals surface area (Å²) < 4.78 is 17.1. The highest BCUT2D eigenvalue weighted by molar-refractivity contribution is 7.37. The van der Waals surface area contributed by atoms with Crippen LogP contribution >= 0.6 is 7.65 Å². The minimum Gasteiger partial charge on any atom is -0.250 e. The minimum atomic E-state index is -1.74. The first-order valence-corrected chi connectivity index (χ1v) is 11.5. The largest absolute Gasteiger partial charge is 0.597 e. The molecule has 0 N–H and O–H groups in total. The fourth-order valence-electron chi connectivity index (χ4n) is 3.08. The first-order chi connectivity index (χ1) is 15.6. The smallest absolute Gasteiger partial charge is 0.250 e. The van der Waals surface area contributed by atoms with Gasteiger partial charge < -0.3 is 0 Å². The monoisotopic (exact) mass is 437 g/mol. The molecule has 0 aliphatic carbocycles. The number of rotatable bonds is 2. The number of fused-ring (bicyclic) bond motifs is 3. The molecule has 0 aliphatic heterocycles. The van der Waals surface area contributed by atoms with Gasteiger partial charge in [0.15, 0.2) is 5.58 Å². The molecule has 32 heavy (non-hydrogen) atoms. The van der Waals surface area contributed by atoms with Crippen LogP contribution < -0.4 is 0 Å². The van der Waals surface area contributed by atoms with E-state index in [1.54, 1.807) is 0 Å². The topological polar surface area (TPSA) is 30.2 Å². The Labute approximate surface area is 190 Å². The molecule has 0 aliphatic rings. The number of para-hydroxylation sites is 1. The quantitative estimate of drug-likeness (QED) is 0.258. The maximum atomic E-state index is 11.8. The van der Waals surface area contributed by atoms with Gasteiger partial charge >= 0.3 is 7.65 Å². The molecule has 0 amide bonds. The van der Waals surface area contributed by atoms with Crippen molar-refractivity contribution < 1.29 is 8.76 Å². The molecule has 5 rings (SSSR count). The van der Waals surface area contributed by atoms with Crippen LogP contribution in [0.2, 0.25) is 0 Å². The van der Waals surface area contributed by atoms with Crippen molar-refractivity contribution in [2.45, 2.75) is 6.92 Å². The molecule has 1 aromatic heterocycles. The SMILES string of the molecule is C=C(C)c1ccccc1.C=Cc1ccccc1.O=[p+]1oc2ccccc2c2ccccc21. The Kier molecular flexibility index (Phi) is 8.31. The molecule has 0 bridgehead atoms. The van der Waals surface area contributed by atoms with Crippen molar-refractivity contribution in [2.75, 3.05) is 0 Å². The number of hydrogen-bond acceptors (Lipinski definition) is 2. The molecular weight excluding hydrogens is 411 g/mol. The van der Waals surface area contributed by atoms with Gasteiger partial charge in [0.05, 0.1) is 0 Å². The molecule has 1 atom stereocenters. The van der Waals surface area contributed by atoms with Gasteiger partial charge in [0, 0.05) is 10.8 Å². The second kappa shape index (κ2) is 11.6. The van der Waals surface area contributed by atoms with Gasteiger partial charge in [0.1, 0.15) is 0 Å². The van der Waals surface area contributed by atoms with Crippen molar-refractivity contribution in [1.29, 1.82) is 0 Å². The summed E-state index contributed by atoms with van der Waals surface area (Å²) in [5, 5.41) is 2.81. The molecule has 0 saturated carbocycles. The van der Waals surface area contributed by atoms with Gasteiger partial charge in [-0.3, -0.25) is 0 Å². The molecule has 158 valence electrons. The molecule has 0 spiro atoms. The van der Waals surface area contributed by atoms with Crippen molar-refractivity contribution in [3.63, 3.8) is 0 Å². The number of hydrogen-bond donors (Lipinski definition) is 0. The Morgan fingerprint density at radius 2 is 1.28 bits per heavy atom. The first-order valence-electron chi connectivity index (χ1n) is 10.3. The van der Waals surface area contributed by atoms with Gasteiger partial charge in [0.2, 0.25) is 5.12 Å². The van der Waals surface area contributed by atoms with Crippen molar-refractivity contribution in [2.24, 2.45) is 0 Å². The molecule has 0 saturated heterocycles. The fraction of sp³-hybridized carbons (Fsp3) is 0.0345. The highest BCUT2D eigenvalue weighted by atomic mass is 31.1. The minimum absolute atomic E-state index is 0.706. The summed E-state index contributed by atoms with van der Waals surface area (Å²) in [5.41, 5.74) is 4.22. The molecular formula is C29H26O2P+. The third kappa shape index (κ3) is 6.14. The Morgan fingerprint density at radius 3 is 1.84 bits per heavy atom. The highest BCUT2D eigenvalue weighted by Gasteiger charge is 2.14. The zero-order valence-electron chi connectivity index (χ0n) is 18.1. The molecule has 4 aromatic carbocycles. The van der Waals surface area contributed by atoms with Crippen LogP contribution in [0, 0.1) is 0 Å². The van der Waals surface area contributed by atoms with Gasteiger partial charge in [-0.15, -0.1) is 0 Å². The van der Waals surface area contributed by atoms with Crippen LogP contribution in [0.5, 0.6) is 0 Å². The lowest BCUT2D eigenvalue weighted by molar-refractivity contribution is 0.563. The van der Waals surface area contributed by atoms with E-state index in [0.717, 1.165) is 21.5 Å². The van der Waals surface area contributed by atoms with Crippen molar-refractivity contribution in [1.82, 2.24) is 0 Å². The van der Waals surface area contributed by atoms with E-state index in [-0.39, 0.29) is 0 Å². The molecule has 0 fully saturated rings. The van der Waals surface area contributed by atoms with Crippen LogP contribution in [-0.2, 0) is 4.57 Å². The fourth-order valence-corrected chi connectivity index (χ4v) is 4.12. The van der Waals surface area contributed by atoms with E-state index in [2.05, 4.69) is 25.3 Å². The number of allylic oxidation sites excluding steroid dienone is 1. The van der Waals surface area contributed by atoms with Gasteiger partial charge in [-0.25, -0.2) is 4.20 Å². The van der Waals surface area contributed by atoms with Crippen molar-refractivity contribution in [3.8, 4) is 0 Å². The second-order valence-corrected chi connectivity index (χ2v) is 8.30. The predicted octanol–water partition coefficient (Wildman–Crippen LogP) is 9.38. The molecule has 2 nitrogen and oxygen atoms in total. The Bertz CT molecular complexity index is 1370. The zero-order chi connectivity index (χ0) is 22.8. The lowest BCUT2D eigenvalue weighted by Crippen LogP contribution is -1.73. The van der Waals surface area contributed by atoms with E-state index in [4.69, 9.17) is 4.20 Å². The van der Waals surface area contributed by atoms with E-state index in [9.17, 15) is 4.57 Å². The highest BCUT2D eigenvalue weighted by Crippen LogP contribution is 2.34. The van der Waals surface area contributed by atoms with E-state index >= 15 is 0 Å². The average molecular weight is 437 g/mol. The van der Waals surface area contributed by atoms with Crippen LogP contribution in [-0.4, -0.2) is 0 Å². The summed E-state index contributed by atoms with van der Waals surface area (Å²) in [6.45, 7) is 9.47. The number of benzene rings is 4. The van der Waals surface area contributed by atoms with E-state index in [1.807, 2.05) is 110 Å². The van der Waals surface area contributed by atoms with E-state index in [1.165, 1.54) is 11.1 Å². The van der Waals surface area contributed by atoms with Crippen molar-refractivity contribution >= 4 is 40.8 Å². The average Bonchev–Trinajstić information content (AvgIpc) is 2.86. The Morgan fingerprint density at radius 1 is 0.750 bits per heavy atom. The maximum absolute atomic E-state index is 11.8. The Balaban J connectivity index is 0.000000147. The summed E-state index contributed by atoms with van der Waals surface area (Å²) in [7, 11) is -1.74.